The first-order valence-electron chi connectivity index (χ1n) is 5.32. The number of sulfonamides is 1. The van der Waals surface area contributed by atoms with Gasteiger partial charge in [-0.05, 0) is 12.8 Å². The Kier molecular flexibility index (Phi) is 5.01. The number of carbonyl (C=O) groups is 1. The van der Waals surface area contributed by atoms with Crippen LogP contribution in [0.15, 0.2) is 0 Å². The maximum absolute atomic E-state index is 11.4. The van der Waals surface area contributed by atoms with E-state index in [4.69, 9.17) is 11.6 Å². The molecule has 0 aromatic rings. The summed E-state index contributed by atoms with van der Waals surface area (Å²) in [4.78, 5) is 11.2. The third-order valence-corrected chi connectivity index (χ3v) is 4.93. The van der Waals surface area contributed by atoms with E-state index in [1.54, 1.807) is 6.92 Å². The molecule has 0 unspecified atom stereocenters. The molecule has 1 saturated heterocycles. The summed E-state index contributed by atoms with van der Waals surface area (Å²) in [5.41, 5.74) is 0. The summed E-state index contributed by atoms with van der Waals surface area (Å²) in [5.74, 6) is 0.0126. The van der Waals surface area contributed by atoms with Crippen molar-refractivity contribution in [2.24, 2.45) is 0 Å². The van der Waals surface area contributed by atoms with Gasteiger partial charge in [-0.25, -0.2) is 12.7 Å². The summed E-state index contributed by atoms with van der Waals surface area (Å²) in [6, 6.07) is 0.0919. The Morgan fingerprint density at radius 3 is 2.44 bits per heavy atom. The number of alkyl halides is 1. The van der Waals surface area contributed by atoms with Gasteiger partial charge in [-0.15, -0.1) is 11.6 Å². The molecule has 0 aromatic heterocycles. The molecule has 5 nitrogen and oxygen atoms in total. The number of hydrogen-bond donors (Lipinski definition) is 1. The Labute approximate surface area is 101 Å². The lowest BCUT2D eigenvalue weighted by molar-refractivity contribution is -0.121. The lowest BCUT2D eigenvalue weighted by Crippen LogP contribution is -2.46. The molecule has 0 atom stereocenters. The number of nitrogens with one attached hydrogen (secondary N) is 1. The van der Waals surface area contributed by atoms with E-state index in [1.165, 1.54) is 4.31 Å². The lowest BCUT2D eigenvalue weighted by atomic mass is 10.1. The van der Waals surface area contributed by atoms with Crippen molar-refractivity contribution >= 4 is 27.5 Å². The van der Waals surface area contributed by atoms with Gasteiger partial charge in [0, 0.05) is 25.6 Å². The highest BCUT2D eigenvalue weighted by Crippen LogP contribution is 2.15. The van der Waals surface area contributed by atoms with E-state index in [9.17, 15) is 13.2 Å². The molecular weight excluding hydrogens is 252 g/mol. The van der Waals surface area contributed by atoms with Crippen molar-refractivity contribution in [1.82, 2.24) is 9.62 Å². The third-order valence-electron chi connectivity index (χ3n) is 2.67. The zero-order chi connectivity index (χ0) is 12.2. The van der Waals surface area contributed by atoms with Crippen molar-refractivity contribution in [3.05, 3.63) is 0 Å². The maximum atomic E-state index is 11.4. The quantitative estimate of drug-likeness (QED) is 0.755. The van der Waals surface area contributed by atoms with Gasteiger partial charge in [-0.3, -0.25) is 4.79 Å². The highest BCUT2D eigenvalue weighted by Gasteiger charge is 2.27. The van der Waals surface area contributed by atoms with Gasteiger partial charge in [-0.1, -0.05) is 6.92 Å². The largest absolute Gasteiger partial charge is 0.353 e. The molecule has 1 N–H and O–H groups in total. The number of amides is 1. The summed E-state index contributed by atoms with van der Waals surface area (Å²) in [6.07, 6.45) is 1.77. The van der Waals surface area contributed by atoms with E-state index < -0.39 is 10.0 Å². The summed E-state index contributed by atoms with van der Waals surface area (Å²) >= 11 is 5.37. The second-order valence-corrected chi connectivity index (χ2v) is 6.37. The van der Waals surface area contributed by atoms with Crippen molar-refractivity contribution in [2.75, 3.05) is 18.3 Å². The summed E-state index contributed by atoms with van der Waals surface area (Å²) in [7, 11) is -3.29. The standard InChI is InChI=1S/C9H17ClN2O3S/c1-2-9(13)11-8-3-5-12(6-4-8)16(14,15)7-10/h8H,2-7H2,1H3,(H,11,13). The monoisotopic (exact) mass is 268 g/mol. The van der Waals surface area contributed by atoms with E-state index >= 15 is 0 Å². The van der Waals surface area contributed by atoms with Crippen LogP contribution in [-0.4, -0.2) is 43.0 Å². The van der Waals surface area contributed by atoms with E-state index in [0.29, 0.717) is 32.4 Å². The number of piperidine rings is 1. The Balaban J connectivity index is 2.43. The highest BCUT2D eigenvalue weighted by molar-refractivity contribution is 7.90. The first-order valence-corrected chi connectivity index (χ1v) is 7.47. The number of hydrogen-bond acceptors (Lipinski definition) is 3. The van der Waals surface area contributed by atoms with Crippen molar-refractivity contribution in [3.8, 4) is 0 Å². The fourth-order valence-electron chi connectivity index (χ4n) is 1.68. The van der Waals surface area contributed by atoms with E-state index in [1.807, 2.05) is 0 Å². The van der Waals surface area contributed by atoms with Crippen LogP contribution in [0.4, 0.5) is 0 Å². The van der Waals surface area contributed by atoms with Crippen molar-refractivity contribution < 1.29 is 13.2 Å². The first-order chi connectivity index (χ1) is 7.49. The number of halogens is 1. The van der Waals surface area contributed by atoms with Crippen molar-refractivity contribution in [2.45, 2.75) is 32.2 Å². The van der Waals surface area contributed by atoms with Gasteiger partial charge in [0.2, 0.25) is 15.9 Å². The average Bonchev–Trinajstić information content (AvgIpc) is 2.29. The molecule has 0 aromatic carbocycles. The molecule has 1 aliphatic heterocycles. The molecule has 1 rings (SSSR count). The van der Waals surface area contributed by atoms with Gasteiger partial charge in [0.15, 0.2) is 0 Å². The van der Waals surface area contributed by atoms with Crippen LogP contribution in [0.1, 0.15) is 26.2 Å². The fourth-order valence-corrected chi connectivity index (χ4v) is 3.00. The Morgan fingerprint density at radius 1 is 1.44 bits per heavy atom. The lowest BCUT2D eigenvalue weighted by Gasteiger charge is -2.30. The SMILES string of the molecule is CCC(=O)NC1CCN(S(=O)(=O)CCl)CC1. The third kappa shape index (κ3) is 3.61. The second kappa shape index (κ2) is 5.84. The van der Waals surface area contributed by atoms with Crippen LogP contribution in [0.5, 0.6) is 0 Å². The van der Waals surface area contributed by atoms with Crippen LogP contribution >= 0.6 is 11.6 Å². The van der Waals surface area contributed by atoms with Crippen LogP contribution < -0.4 is 5.32 Å². The van der Waals surface area contributed by atoms with E-state index in [0.717, 1.165) is 0 Å². The van der Waals surface area contributed by atoms with Gasteiger partial charge in [0.1, 0.15) is 5.21 Å². The minimum atomic E-state index is -3.29. The molecule has 0 bridgehead atoms. The minimum Gasteiger partial charge on any atom is -0.353 e. The van der Waals surface area contributed by atoms with Gasteiger partial charge in [0.05, 0.1) is 0 Å². The molecule has 1 amide bonds. The van der Waals surface area contributed by atoms with Crippen LogP contribution in [0.25, 0.3) is 0 Å². The normalized spacial score (nSPS) is 19.6. The Bertz CT molecular complexity index is 337. The number of carbonyl (C=O) groups excluding carboxylic acids is 1. The van der Waals surface area contributed by atoms with Gasteiger partial charge in [0.25, 0.3) is 0 Å². The van der Waals surface area contributed by atoms with Crippen LogP contribution in [-0.2, 0) is 14.8 Å². The Hall–Kier alpha value is -0.330. The highest BCUT2D eigenvalue weighted by atomic mass is 35.5. The van der Waals surface area contributed by atoms with Crippen LogP contribution in [0, 0.1) is 0 Å². The molecular formula is C9H17ClN2O3S. The number of nitrogens with zero attached hydrogens (tertiary/aromatic N) is 1. The smallest absolute Gasteiger partial charge is 0.228 e. The van der Waals surface area contributed by atoms with Gasteiger partial charge >= 0.3 is 0 Å². The van der Waals surface area contributed by atoms with E-state index in [2.05, 4.69) is 5.32 Å². The fraction of sp³-hybridized carbons (Fsp3) is 0.889. The molecule has 94 valence electrons. The number of rotatable bonds is 4. The summed E-state index contributed by atoms with van der Waals surface area (Å²) in [5, 5.41) is 2.49. The Morgan fingerprint density at radius 2 is 2.00 bits per heavy atom. The molecule has 0 saturated carbocycles. The zero-order valence-electron chi connectivity index (χ0n) is 9.28. The van der Waals surface area contributed by atoms with Gasteiger partial charge in [-0.2, -0.15) is 0 Å². The topological polar surface area (TPSA) is 66.5 Å². The zero-order valence-corrected chi connectivity index (χ0v) is 10.9. The van der Waals surface area contributed by atoms with Crippen LogP contribution in [0.2, 0.25) is 0 Å². The van der Waals surface area contributed by atoms with Crippen LogP contribution in [0.3, 0.4) is 0 Å². The first kappa shape index (κ1) is 13.7. The summed E-state index contributed by atoms with van der Waals surface area (Å²) < 4.78 is 24.3. The summed E-state index contributed by atoms with van der Waals surface area (Å²) in [6.45, 7) is 2.66. The predicted molar refractivity (Wildman–Crippen MR) is 62.7 cm³/mol. The molecule has 1 aliphatic rings. The molecule has 16 heavy (non-hydrogen) atoms. The minimum absolute atomic E-state index is 0.0126. The van der Waals surface area contributed by atoms with Gasteiger partial charge < -0.3 is 5.32 Å². The molecule has 1 fully saturated rings. The maximum Gasteiger partial charge on any atom is 0.228 e. The molecule has 0 aliphatic carbocycles. The predicted octanol–water partition coefficient (Wildman–Crippen LogP) is 0.503. The van der Waals surface area contributed by atoms with E-state index in [-0.39, 0.29) is 17.2 Å². The van der Waals surface area contributed by atoms with Crippen molar-refractivity contribution in [3.63, 3.8) is 0 Å². The van der Waals surface area contributed by atoms with Crippen molar-refractivity contribution in [1.29, 1.82) is 0 Å². The molecule has 7 heteroatoms. The average molecular weight is 269 g/mol. The second-order valence-electron chi connectivity index (χ2n) is 3.82. The molecule has 0 spiro atoms. The molecule has 1 heterocycles. The molecule has 0 radical (unpaired) electrons.